The number of aryl methyl sites for hydroxylation is 1. The van der Waals surface area contributed by atoms with Crippen LogP contribution in [0.3, 0.4) is 0 Å². The first-order valence-electron chi connectivity index (χ1n) is 7.22. The minimum absolute atomic E-state index is 0.281. The summed E-state index contributed by atoms with van der Waals surface area (Å²) in [6.07, 6.45) is 3.75. The summed E-state index contributed by atoms with van der Waals surface area (Å²) in [5.74, 6) is -0.381. The zero-order valence-corrected chi connectivity index (χ0v) is 14.0. The number of halogens is 1. The van der Waals surface area contributed by atoms with Crippen molar-refractivity contribution in [2.75, 3.05) is 6.61 Å². The molecule has 1 fully saturated rings. The largest absolute Gasteiger partial charge is 0.476 e. The fourth-order valence-electron chi connectivity index (χ4n) is 2.05. The number of pyridine rings is 1. The molecule has 23 heavy (non-hydrogen) atoms. The van der Waals surface area contributed by atoms with Gasteiger partial charge in [-0.05, 0) is 31.7 Å². The highest BCUT2D eigenvalue weighted by Crippen LogP contribution is 2.31. The van der Waals surface area contributed by atoms with Crippen molar-refractivity contribution in [1.82, 2.24) is 9.97 Å². The summed E-state index contributed by atoms with van der Waals surface area (Å²) < 4.78 is 5.54. The third-order valence-corrected chi connectivity index (χ3v) is 4.82. The van der Waals surface area contributed by atoms with E-state index in [-0.39, 0.29) is 16.4 Å². The molecule has 1 aliphatic carbocycles. The molecule has 0 amide bonds. The predicted octanol–water partition coefficient (Wildman–Crippen LogP) is 3.78. The number of hydrogen-bond donors (Lipinski definition) is 0. The number of ketones is 1. The molecule has 0 aromatic carbocycles. The lowest BCUT2D eigenvalue weighted by Crippen LogP contribution is -2.12. The number of thiazole rings is 1. The third kappa shape index (κ3) is 3.69. The highest BCUT2D eigenvalue weighted by atomic mass is 35.5. The fraction of sp³-hybridized carbons (Fsp3) is 0.375. The molecule has 2 aromatic heterocycles. The number of carbonyl (C=O) groups excluding carboxylic acids is 1. The third-order valence-electron chi connectivity index (χ3n) is 3.52. The molecule has 1 aliphatic rings. The molecule has 0 N–H and O–H groups in total. The van der Waals surface area contributed by atoms with Crippen molar-refractivity contribution in [3.05, 3.63) is 38.9 Å². The second-order valence-corrected chi connectivity index (χ2v) is 6.82. The lowest BCUT2D eigenvalue weighted by molar-refractivity contribution is 0.0978. The Morgan fingerprint density at radius 2 is 2.39 bits per heavy atom. The Morgan fingerprint density at radius 3 is 2.96 bits per heavy atom. The average molecular weight is 348 g/mol. The minimum Gasteiger partial charge on any atom is -0.476 e. The SMILES string of the molecule is Cc1csc(C(C#N)C(=O)c2cnc(OCC3CC3)c(Cl)c2)n1. The average Bonchev–Trinajstić information content (AvgIpc) is 3.27. The summed E-state index contributed by atoms with van der Waals surface area (Å²) in [5, 5.41) is 11.9. The first kappa shape index (κ1) is 15.9. The Bertz CT molecular complexity index is 780. The predicted molar refractivity (Wildman–Crippen MR) is 87.0 cm³/mol. The quantitative estimate of drug-likeness (QED) is 0.743. The summed E-state index contributed by atoms with van der Waals surface area (Å²) in [7, 11) is 0. The first-order chi connectivity index (χ1) is 11.1. The summed E-state index contributed by atoms with van der Waals surface area (Å²) in [6, 6.07) is 3.51. The Balaban J connectivity index is 1.78. The van der Waals surface area contributed by atoms with E-state index in [4.69, 9.17) is 16.3 Å². The van der Waals surface area contributed by atoms with Crippen LogP contribution in [0.2, 0.25) is 5.02 Å². The van der Waals surface area contributed by atoms with Crippen LogP contribution in [0.4, 0.5) is 0 Å². The Morgan fingerprint density at radius 1 is 1.61 bits per heavy atom. The van der Waals surface area contributed by atoms with Crippen molar-refractivity contribution in [1.29, 1.82) is 5.26 Å². The standard InChI is InChI=1S/C16H14ClN3O2S/c1-9-8-23-16(20-9)12(5-18)14(21)11-4-13(17)15(19-6-11)22-7-10-2-3-10/h4,6,8,10,12H,2-3,7H2,1H3. The van der Waals surface area contributed by atoms with Crippen LogP contribution in [-0.2, 0) is 0 Å². The van der Waals surface area contributed by atoms with Crippen LogP contribution in [0.25, 0.3) is 0 Å². The van der Waals surface area contributed by atoms with Gasteiger partial charge in [0.25, 0.3) is 0 Å². The van der Waals surface area contributed by atoms with E-state index in [0.29, 0.717) is 23.4 Å². The Kier molecular flexibility index (Phi) is 4.60. The van der Waals surface area contributed by atoms with E-state index in [9.17, 15) is 10.1 Å². The van der Waals surface area contributed by atoms with Gasteiger partial charge >= 0.3 is 0 Å². The maximum absolute atomic E-state index is 12.5. The Labute approximate surface area is 142 Å². The molecule has 0 aliphatic heterocycles. The first-order valence-corrected chi connectivity index (χ1v) is 8.48. The lowest BCUT2D eigenvalue weighted by Gasteiger charge is -2.09. The second-order valence-electron chi connectivity index (χ2n) is 5.52. The molecule has 1 atom stereocenters. The normalized spacial score (nSPS) is 15.0. The number of aromatic nitrogens is 2. The molecule has 0 radical (unpaired) electrons. The maximum atomic E-state index is 12.5. The van der Waals surface area contributed by atoms with Crippen molar-refractivity contribution < 1.29 is 9.53 Å². The number of rotatable bonds is 6. The van der Waals surface area contributed by atoms with Gasteiger partial charge in [-0.3, -0.25) is 4.79 Å². The van der Waals surface area contributed by atoms with E-state index in [2.05, 4.69) is 9.97 Å². The van der Waals surface area contributed by atoms with Gasteiger partial charge in [0, 0.05) is 22.8 Å². The van der Waals surface area contributed by atoms with Gasteiger partial charge < -0.3 is 4.74 Å². The maximum Gasteiger partial charge on any atom is 0.232 e. The molecule has 7 heteroatoms. The zero-order valence-electron chi connectivity index (χ0n) is 12.5. The van der Waals surface area contributed by atoms with Crippen molar-refractivity contribution in [2.45, 2.75) is 25.7 Å². The van der Waals surface area contributed by atoms with Gasteiger partial charge in [0.15, 0.2) is 11.7 Å². The number of carbonyl (C=O) groups is 1. The van der Waals surface area contributed by atoms with Gasteiger partial charge in [-0.2, -0.15) is 5.26 Å². The minimum atomic E-state index is -0.940. The monoisotopic (exact) mass is 347 g/mol. The number of nitrogens with zero attached hydrogens (tertiary/aromatic N) is 3. The van der Waals surface area contributed by atoms with Crippen molar-refractivity contribution in [3.63, 3.8) is 0 Å². The highest BCUT2D eigenvalue weighted by molar-refractivity contribution is 7.10. The van der Waals surface area contributed by atoms with E-state index < -0.39 is 5.92 Å². The molecule has 0 bridgehead atoms. The van der Waals surface area contributed by atoms with Gasteiger partial charge in [-0.1, -0.05) is 11.6 Å². The van der Waals surface area contributed by atoms with E-state index >= 15 is 0 Å². The van der Waals surface area contributed by atoms with E-state index in [0.717, 1.165) is 5.69 Å². The van der Waals surface area contributed by atoms with Gasteiger partial charge in [0.05, 0.1) is 12.7 Å². The van der Waals surface area contributed by atoms with Crippen LogP contribution in [0.5, 0.6) is 5.88 Å². The molecule has 3 rings (SSSR count). The summed E-state index contributed by atoms with van der Waals surface area (Å²) in [4.78, 5) is 20.9. The van der Waals surface area contributed by atoms with Crippen LogP contribution < -0.4 is 4.74 Å². The molecule has 2 aromatic rings. The molecule has 5 nitrogen and oxygen atoms in total. The van der Waals surface area contributed by atoms with Crippen molar-refractivity contribution >= 4 is 28.7 Å². The van der Waals surface area contributed by atoms with Crippen molar-refractivity contribution in [3.8, 4) is 11.9 Å². The number of nitriles is 1. The van der Waals surface area contributed by atoms with Crippen LogP contribution in [0.15, 0.2) is 17.6 Å². The van der Waals surface area contributed by atoms with Crippen LogP contribution in [-0.4, -0.2) is 22.4 Å². The van der Waals surface area contributed by atoms with Crippen LogP contribution in [0, 0.1) is 24.2 Å². The Hall–Kier alpha value is -1.97. The highest BCUT2D eigenvalue weighted by Gasteiger charge is 2.26. The van der Waals surface area contributed by atoms with Gasteiger partial charge in [0.2, 0.25) is 5.88 Å². The molecule has 0 spiro atoms. The second kappa shape index (κ2) is 6.65. The van der Waals surface area contributed by atoms with E-state index in [1.54, 1.807) is 0 Å². The summed E-state index contributed by atoms with van der Waals surface area (Å²) >= 11 is 7.44. The zero-order chi connectivity index (χ0) is 16.4. The molecule has 1 unspecified atom stereocenters. The number of ether oxygens (including phenoxy) is 1. The van der Waals surface area contributed by atoms with Crippen molar-refractivity contribution in [2.24, 2.45) is 5.92 Å². The fourth-order valence-corrected chi connectivity index (χ4v) is 3.10. The molecule has 2 heterocycles. The van der Waals surface area contributed by atoms with E-state index in [1.165, 1.54) is 36.4 Å². The molecule has 1 saturated carbocycles. The van der Waals surface area contributed by atoms with Gasteiger partial charge in [0.1, 0.15) is 10.0 Å². The van der Waals surface area contributed by atoms with Crippen LogP contribution in [0.1, 0.15) is 39.8 Å². The van der Waals surface area contributed by atoms with Gasteiger partial charge in [-0.15, -0.1) is 11.3 Å². The topological polar surface area (TPSA) is 75.9 Å². The molecule has 118 valence electrons. The summed E-state index contributed by atoms with van der Waals surface area (Å²) in [6.45, 7) is 2.42. The molecular weight excluding hydrogens is 334 g/mol. The molecular formula is C16H14ClN3O2S. The van der Waals surface area contributed by atoms with E-state index in [1.807, 2.05) is 18.4 Å². The van der Waals surface area contributed by atoms with Crippen LogP contribution >= 0.6 is 22.9 Å². The number of hydrogen-bond acceptors (Lipinski definition) is 6. The molecule has 0 saturated heterocycles. The smallest absolute Gasteiger partial charge is 0.232 e. The number of Topliss-reactive ketones (excluding diaryl/α,β-unsaturated/α-hetero) is 1. The van der Waals surface area contributed by atoms with Gasteiger partial charge in [-0.25, -0.2) is 9.97 Å². The summed E-state index contributed by atoms with van der Waals surface area (Å²) in [5.41, 5.74) is 1.08. The lowest BCUT2D eigenvalue weighted by atomic mass is 10.0.